The Hall–Kier alpha value is -2.34. The zero-order valence-corrected chi connectivity index (χ0v) is 18.0. The molecule has 2 fully saturated rings. The molecule has 29 heavy (non-hydrogen) atoms. The SMILES string of the molecule is COc1ccccc1NC(=O)C1CCN(C(=O)C2CC2c2ccc(Br)cc2)CC1. The highest BCUT2D eigenvalue weighted by Crippen LogP contribution is 2.49. The number of nitrogens with zero attached hydrogens (tertiary/aromatic N) is 1. The number of hydrogen-bond acceptors (Lipinski definition) is 3. The number of methoxy groups -OCH3 is 1. The smallest absolute Gasteiger partial charge is 0.227 e. The molecule has 0 spiro atoms. The lowest BCUT2D eigenvalue weighted by Gasteiger charge is -2.31. The van der Waals surface area contributed by atoms with Gasteiger partial charge in [0.2, 0.25) is 11.8 Å². The highest BCUT2D eigenvalue weighted by molar-refractivity contribution is 9.10. The summed E-state index contributed by atoms with van der Waals surface area (Å²) in [6.07, 6.45) is 2.32. The number of anilines is 1. The summed E-state index contributed by atoms with van der Waals surface area (Å²) in [7, 11) is 1.59. The average molecular weight is 457 g/mol. The van der Waals surface area contributed by atoms with Gasteiger partial charge < -0.3 is 15.0 Å². The monoisotopic (exact) mass is 456 g/mol. The molecule has 5 nitrogen and oxygen atoms in total. The lowest BCUT2D eigenvalue weighted by Crippen LogP contribution is -2.42. The molecule has 1 aliphatic heterocycles. The Morgan fingerprint density at radius 2 is 1.76 bits per heavy atom. The third kappa shape index (κ3) is 4.47. The van der Waals surface area contributed by atoms with E-state index in [1.807, 2.05) is 41.3 Å². The Morgan fingerprint density at radius 3 is 2.45 bits per heavy atom. The van der Waals surface area contributed by atoms with Crippen LogP contribution in [0.5, 0.6) is 5.75 Å². The van der Waals surface area contributed by atoms with Crippen molar-refractivity contribution in [2.45, 2.75) is 25.2 Å². The molecule has 1 saturated carbocycles. The average Bonchev–Trinajstić information content (AvgIpc) is 3.55. The number of carbonyl (C=O) groups excluding carboxylic acids is 2. The molecule has 2 atom stereocenters. The van der Waals surface area contributed by atoms with Gasteiger partial charge in [-0.15, -0.1) is 0 Å². The number of ether oxygens (including phenoxy) is 1. The van der Waals surface area contributed by atoms with E-state index >= 15 is 0 Å². The van der Waals surface area contributed by atoms with Crippen LogP contribution in [-0.2, 0) is 9.59 Å². The molecular weight excluding hydrogens is 432 g/mol. The fourth-order valence-electron chi connectivity index (χ4n) is 4.13. The van der Waals surface area contributed by atoms with E-state index in [0.29, 0.717) is 43.3 Å². The van der Waals surface area contributed by atoms with Gasteiger partial charge in [0.05, 0.1) is 12.8 Å². The Balaban J connectivity index is 1.28. The molecule has 0 radical (unpaired) electrons. The van der Waals surface area contributed by atoms with Crippen molar-refractivity contribution in [3.8, 4) is 5.75 Å². The van der Waals surface area contributed by atoms with Crippen LogP contribution in [0.2, 0.25) is 0 Å². The lowest BCUT2D eigenvalue weighted by atomic mass is 9.95. The fourth-order valence-corrected chi connectivity index (χ4v) is 4.39. The summed E-state index contributed by atoms with van der Waals surface area (Å²) in [5.41, 5.74) is 1.92. The van der Waals surface area contributed by atoms with Gasteiger partial charge in [-0.3, -0.25) is 9.59 Å². The van der Waals surface area contributed by atoms with Crippen molar-refractivity contribution in [1.82, 2.24) is 4.90 Å². The van der Waals surface area contributed by atoms with Gasteiger partial charge in [-0.05, 0) is 55.0 Å². The van der Waals surface area contributed by atoms with Crippen molar-refractivity contribution in [2.24, 2.45) is 11.8 Å². The molecule has 2 aromatic rings. The highest BCUT2D eigenvalue weighted by Gasteiger charge is 2.46. The van der Waals surface area contributed by atoms with Crippen LogP contribution in [0.25, 0.3) is 0 Å². The number of rotatable bonds is 5. The summed E-state index contributed by atoms with van der Waals surface area (Å²) >= 11 is 3.45. The maximum atomic E-state index is 12.9. The fraction of sp³-hybridized carbons (Fsp3) is 0.391. The quantitative estimate of drug-likeness (QED) is 0.723. The summed E-state index contributed by atoms with van der Waals surface area (Å²) in [6, 6.07) is 15.7. The van der Waals surface area contributed by atoms with E-state index in [1.54, 1.807) is 7.11 Å². The molecule has 1 aliphatic carbocycles. The number of halogens is 1. The molecule has 152 valence electrons. The van der Waals surface area contributed by atoms with Crippen molar-refractivity contribution in [3.05, 3.63) is 58.6 Å². The lowest BCUT2D eigenvalue weighted by molar-refractivity contribution is -0.135. The molecule has 2 aromatic carbocycles. The highest BCUT2D eigenvalue weighted by atomic mass is 79.9. The molecular formula is C23H25BrN2O3. The Labute approximate surface area is 179 Å². The van der Waals surface area contributed by atoms with Crippen molar-refractivity contribution >= 4 is 33.4 Å². The molecule has 2 aliphatic rings. The molecule has 0 bridgehead atoms. The van der Waals surface area contributed by atoms with Crippen molar-refractivity contribution in [2.75, 3.05) is 25.5 Å². The number of hydrogen-bond donors (Lipinski definition) is 1. The van der Waals surface area contributed by atoms with Crippen LogP contribution in [0.1, 0.15) is 30.7 Å². The van der Waals surface area contributed by atoms with Gasteiger partial charge in [-0.1, -0.05) is 40.2 Å². The zero-order valence-electron chi connectivity index (χ0n) is 16.4. The standard InChI is InChI=1S/C23H25BrN2O3/c1-29-21-5-3-2-4-20(21)25-22(27)16-10-12-26(13-11-16)23(28)19-14-18(19)15-6-8-17(24)9-7-15/h2-9,16,18-19H,10-14H2,1H3,(H,25,27). The van der Waals surface area contributed by atoms with Crippen LogP contribution in [-0.4, -0.2) is 36.9 Å². The van der Waals surface area contributed by atoms with Gasteiger partial charge in [0, 0.05) is 29.4 Å². The van der Waals surface area contributed by atoms with Crippen LogP contribution < -0.4 is 10.1 Å². The minimum atomic E-state index is -0.0783. The first-order chi connectivity index (χ1) is 14.1. The van der Waals surface area contributed by atoms with Crippen molar-refractivity contribution < 1.29 is 14.3 Å². The number of amides is 2. The van der Waals surface area contributed by atoms with Crippen LogP contribution in [0, 0.1) is 11.8 Å². The largest absolute Gasteiger partial charge is 0.495 e. The van der Waals surface area contributed by atoms with Crippen LogP contribution in [0.4, 0.5) is 5.69 Å². The number of likely N-dealkylation sites (tertiary alicyclic amines) is 1. The van der Waals surface area contributed by atoms with Gasteiger partial charge in [-0.25, -0.2) is 0 Å². The van der Waals surface area contributed by atoms with Crippen LogP contribution in [0.15, 0.2) is 53.0 Å². The molecule has 1 N–H and O–H groups in total. The number of carbonyl (C=O) groups is 2. The Kier molecular flexibility index (Phi) is 5.90. The molecule has 1 saturated heterocycles. The van der Waals surface area contributed by atoms with Gasteiger partial charge in [0.1, 0.15) is 5.75 Å². The molecule has 1 heterocycles. The van der Waals surface area contributed by atoms with E-state index in [-0.39, 0.29) is 23.7 Å². The first kappa shape index (κ1) is 20.0. The predicted octanol–water partition coefficient (Wildman–Crippen LogP) is 4.44. The maximum Gasteiger partial charge on any atom is 0.227 e. The summed E-state index contributed by atoms with van der Waals surface area (Å²) in [4.78, 5) is 27.5. The van der Waals surface area contributed by atoms with E-state index in [2.05, 4.69) is 33.4 Å². The number of nitrogens with one attached hydrogen (secondary N) is 1. The molecule has 0 aromatic heterocycles. The topological polar surface area (TPSA) is 58.6 Å². The Morgan fingerprint density at radius 1 is 1.07 bits per heavy atom. The first-order valence-electron chi connectivity index (χ1n) is 10.0. The molecule has 2 amide bonds. The van der Waals surface area contributed by atoms with E-state index in [0.717, 1.165) is 10.9 Å². The van der Waals surface area contributed by atoms with Gasteiger partial charge >= 0.3 is 0 Å². The second-order valence-corrected chi connectivity index (χ2v) is 8.71. The van der Waals surface area contributed by atoms with E-state index in [9.17, 15) is 9.59 Å². The van der Waals surface area contributed by atoms with Gasteiger partial charge in [0.15, 0.2) is 0 Å². The molecule has 2 unspecified atom stereocenters. The summed E-state index contributed by atoms with van der Waals surface area (Å²) < 4.78 is 6.35. The number of piperidine rings is 1. The van der Waals surface area contributed by atoms with E-state index in [1.165, 1.54) is 5.56 Å². The van der Waals surface area contributed by atoms with Gasteiger partial charge in [-0.2, -0.15) is 0 Å². The second kappa shape index (κ2) is 8.57. The number of para-hydroxylation sites is 2. The van der Waals surface area contributed by atoms with Crippen molar-refractivity contribution in [1.29, 1.82) is 0 Å². The zero-order chi connectivity index (χ0) is 20.4. The summed E-state index contributed by atoms with van der Waals surface area (Å²) in [5, 5.41) is 2.97. The third-order valence-corrected chi connectivity index (χ3v) is 6.48. The van der Waals surface area contributed by atoms with E-state index in [4.69, 9.17) is 4.74 Å². The minimum Gasteiger partial charge on any atom is -0.495 e. The van der Waals surface area contributed by atoms with E-state index < -0.39 is 0 Å². The molecule has 6 heteroatoms. The van der Waals surface area contributed by atoms with Gasteiger partial charge in [0.25, 0.3) is 0 Å². The predicted molar refractivity (Wildman–Crippen MR) is 116 cm³/mol. The van der Waals surface area contributed by atoms with Crippen molar-refractivity contribution in [3.63, 3.8) is 0 Å². The second-order valence-electron chi connectivity index (χ2n) is 7.79. The minimum absolute atomic E-state index is 0.000704. The first-order valence-corrected chi connectivity index (χ1v) is 10.8. The van der Waals surface area contributed by atoms with Crippen LogP contribution in [0.3, 0.4) is 0 Å². The number of benzene rings is 2. The molecule has 4 rings (SSSR count). The normalized spacial score (nSPS) is 21.5. The maximum absolute atomic E-state index is 12.9. The Bertz CT molecular complexity index is 891. The summed E-state index contributed by atoms with van der Waals surface area (Å²) in [6.45, 7) is 1.29. The summed E-state index contributed by atoms with van der Waals surface area (Å²) in [5.74, 6) is 1.24. The third-order valence-electron chi connectivity index (χ3n) is 5.95. The van der Waals surface area contributed by atoms with Crippen LogP contribution >= 0.6 is 15.9 Å².